The first kappa shape index (κ1) is 17.3. The highest BCUT2D eigenvalue weighted by Gasteiger charge is 2.20. The molecule has 124 valence electrons. The fraction of sp³-hybridized carbons (Fsp3) is 1.00. The van der Waals surface area contributed by atoms with Crippen LogP contribution in [0.1, 0.15) is 78.1 Å². The van der Waals surface area contributed by atoms with Crippen LogP contribution in [0.15, 0.2) is 0 Å². The molecular formula is C19H38N2. The van der Waals surface area contributed by atoms with Crippen LogP contribution in [0.25, 0.3) is 0 Å². The van der Waals surface area contributed by atoms with Gasteiger partial charge in [0.05, 0.1) is 6.67 Å². The Bertz CT molecular complexity index is 228. The van der Waals surface area contributed by atoms with Gasteiger partial charge in [0.1, 0.15) is 0 Å². The number of hydrogen-bond donors (Lipinski definition) is 0. The number of rotatable bonds is 8. The fourth-order valence-electron chi connectivity index (χ4n) is 4.33. The largest absolute Gasteiger partial charge is 0.290 e. The quantitative estimate of drug-likeness (QED) is 0.596. The van der Waals surface area contributed by atoms with Crippen LogP contribution < -0.4 is 0 Å². The van der Waals surface area contributed by atoms with Crippen molar-refractivity contribution < 1.29 is 0 Å². The summed E-state index contributed by atoms with van der Waals surface area (Å²) in [4.78, 5) is 5.42. The molecule has 0 bridgehead atoms. The van der Waals surface area contributed by atoms with Crippen molar-refractivity contribution in [2.75, 3.05) is 32.8 Å². The molecule has 0 aliphatic heterocycles. The fourth-order valence-corrected chi connectivity index (χ4v) is 4.33. The van der Waals surface area contributed by atoms with E-state index < -0.39 is 0 Å². The van der Waals surface area contributed by atoms with Gasteiger partial charge in [-0.05, 0) is 50.6 Å². The molecule has 0 spiro atoms. The van der Waals surface area contributed by atoms with Gasteiger partial charge in [-0.15, -0.1) is 0 Å². The monoisotopic (exact) mass is 294 g/mol. The van der Waals surface area contributed by atoms with Gasteiger partial charge >= 0.3 is 0 Å². The summed E-state index contributed by atoms with van der Waals surface area (Å²) in [5, 5.41) is 0. The molecule has 2 aliphatic rings. The maximum atomic E-state index is 2.71. The lowest BCUT2D eigenvalue weighted by molar-refractivity contribution is 0.0961. The Morgan fingerprint density at radius 1 is 0.619 bits per heavy atom. The molecule has 2 nitrogen and oxygen atoms in total. The van der Waals surface area contributed by atoms with E-state index in [0.29, 0.717) is 0 Å². The SMILES string of the molecule is CCN(CC1CCCCC1)CN(CC)CC1CCCCC1. The van der Waals surface area contributed by atoms with Crippen molar-refractivity contribution in [1.82, 2.24) is 9.80 Å². The van der Waals surface area contributed by atoms with E-state index in [-0.39, 0.29) is 0 Å². The Balaban J connectivity index is 1.74. The minimum atomic E-state index is 0.979. The predicted octanol–water partition coefficient (Wildman–Crippen LogP) is 4.75. The molecule has 0 unspecified atom stereocenters. The molecular weight excluding hydrogens is 256 g/mol. The lowest BCUT2D eigenvalue weighted by Crippen LogP contribution is -2.42. The second kappa shape index (κ2) is 9.84. The van der Waals surface area contributed by atoms with Crippen molar-refractivity contribution in [2.45, 2.75) is 78.1 Å². The van der Waals surface area contributed by atoms with Crippen LogP contribution in [0.2, 0.25) is 0 Å². The van der Waals surface area contributed by atoms with E-state index in [9.17, 15) is 0 Å². The van der Waals surface area contributed by atoms with E-state index in [1.54, 1.807) is 0 Å². The van der Waals surface area contributed by atoms with E-state index in [2.05, 4.69) is 23.6 Å². The van der Waals surface area contributed by atoms with Crippen LogP contribution >= 0.6 is 0 Å². The van der Waals surface area contributed by atoms with Gasteiger partial charge < -0.3 is 0 Å². The molecule has 0 N–H and O–H groups in total. The summed E-state index contributed by atoms with van der Waals surface area (Å²) in [6, 6.07) is 0. The second-order valence-electron chi connectivity index (χ2n) is 7.49. The molecule has 2 rings (SSSR count). The summed E-state index contributed by atoms with van der Waals surface area (Å²) in [5.74, 6) is 1.96. The molecule has 2 fully saturated rings. The van der Waals surface area contributed by atoms with Crippen molar-refractivity contribution in [3.8, 4) is 0 Å². The Hall–Kier alpha value is -0.0800. The van der Waals surface area contributed by atoms with Gasteiger partial charge in [0.25, 0.3) is 0 Å². The Morgan fingerprint density at radius 2 is 1.00 bits per heavy atom. The Kier molecular flexibility index (Phi) is 8.10. The highest BCUT2D eigenvalue weighted by molar-refractivity contribution is 4.73. The average Bonchev–Trinajstić information content (AvgIpc) is 2.55. The molecule has 0 atom stereocenters. The Labute approximate surface area is 133 Å². The van der Waals surface area contributed by atoms with Gasteiger partial charge in [0.2, 0.25) is 0 Å². The highest BCUT2D eigenvalue weighted by atomic mass is 15.3. The Morgan fingerprint density at radius 3 is 1.33 bits per heavy atom. The van der Waals surface area contributed by atoms with Gasteiger partial charge in [-0.3, -0.25) is 9.80 Å². The third-order valence-electron chi connectivity index (χ3n) is 5.78. The first-order valence-corrected chi connectivity index (χ1v) is 9.76. The van der Waals surface area contributed by atoms with E-state index in [4.69, 9.17) is 0 Å². The highest BCUT2D eigenvalue weighted by Crippen LogP contribution is 2.26. The maximum absolute atomic E-state index is 2.71. The smallest absolute Gasteiger partial charge is 0.0506 e. The summed E-state index contributed by atoms with van der Waals surface area (Å²) in [6.07, 6.45) is 14.8. The molecule has 0 aromatic heterocycles. The summed E-state index contributed by atoms with van der Waals surface area (Å²) in [6.45, 7) is 11.0. The lowest BCUT2D eigenvalue weighted by Gasteiger charge is -2.35. The van der Waals surface area contributed by atoms with E-state index in [0.717, 1.165) is 11.8 Å². The molecule has 0 amide bonds. The zero-order valence-corrected chi connectivity index (χ0v) is 14.7. The first-order chi connectivity index (χ1) is 10.3. The van der Waals surface area contributed by atoms with E-state index >= 15 is 0 Å². The van der Waals surface area contributed by atoms with Crippen molar-refractivity contribution >= 4 is 0 Å². The molecule has 0 aromatic rings. The van der Waals surface area contributed by atoms with Gasteiger partial charge in [-0.25, -0.2) is 0 Å². The molecule has 0 heterocycles. The molecule has 2 heteroatoms. The van der Waals surface area contributed by atoms with Crippen molar-refractivity contribution in [2.24, 2.45) is 11.8 Å². The maximum Gasteiger partial charge on any atom is 0.0506 e. The third-order valence-corrected chi connectivity index (χ3v) is 5.78. The zero-order valence-electron chi connectivity index (χ0n) is 14.7. The van der Waals surface area contributed by atoms with Gasteiger partial charge in [0.15, 0.2) is 0 Å². The minimum Gasteiger partial charge on any atom is -0.290 e. The topological polar surface area (TPSA) is 6.48 Å². The zero-order chi connectivity index (χ0) is 14.9. The normalized spacial score (nSPS) is 22.3. The summed E-state index contributed by atoms with van der Waals surface area (Å²) < 4.78 is 0. The second-order valence-corrected chi connectivity index (χ2v) is 7.49. The minimum absolute atomic E-state index is 0.979. The third kappa shape index (κ3) is 6.28. The first-order valence-electron chi connectivity index (χ1n) is 9.76. The van der Waals surface area contributed by atoms with Crippen LogP contribution in [0.4, 0.5) is 0 Å². The van der Waals surface area contributed by atoms with Gasteiger partial charge in [0, 0.05) is 13.1 Å². The summed E-state index contributed by atoms with van der Waals surface area (Å²) in [5.41, 5.74) is 0. The van der Waals surface area contributed by atoms with Gasteiger partial charge in [-0.1, -0.05) is 52.4 Å². The van der Waals surface area contributed by atoms with Crippen molar-refractivity contribution in [3.05, 3.63) is 0 Å². The van der Waals surface area contributed by atoms with E-state index in [1.165, 1.54) is 97.1 Å². The van der Waals surface area contributed by atoms with Gasteiger partial charge in [-0.2, -0.15) is 0 Å². The standard InChI is InChI=1S/C19H38N2/c1-3-20(15-18-11-7-5-8-12-18)17-21(4-2)16-19-13-9-6-10-14-19/h18-19H,3-17H2,1-2H3. The van der Waals surface area contributed by atoms with Crippen molar-refractivity contribution in [1.29, 1.82) is 0 Å². The lowest BCUT2D eigenvalue weighted by atomic mass is 9.88. The van der Waals surface area contributed by atoms with Crippen LogP contribution in [0.3, 0.4) is 0 Å². The molecule has 2 aliphatic carbocycles. The molecule has 2 saturated carbocycles. The average molecular weight is 295 g/mol. The summed E-state index contributed by atoms with van der Waals surface area (Å²) >= 11 is 0. The van der Waals surface area contributed by atoms with E-state index in [1.807, 2.05) is 0 Å². The number of hydrogen-bond acceptors (Lipinski definition) is 2. The van der Waals surface area contributed by atoms with Crippen LogP contribution in [-0.2, 0) is 0 Å². The van der Waals surface area contributed by atoms with Crippen molar-refractivity contribution in [3.63, 3.8) is 0 Å². The molecule has 0 aromatic carbocycles. The molecule has 0 radical (unpaired) electrons. The predicted molar refractivity (Wildman–Crippen MR) is 92.5 cm³/mol. The van der Waals surface area contributed by atoms with Crippen LogP contribution in [0.5, 0.6) is 0 Å². The number of nitrogens with zero attached hydrogens (tertiary/aromatic N) is 2. The molecule has 0 saturated heterocycles. The van der Waals surface area contributed by atoms with Crippen LogP contribution in [-0.4, -0.2) is 42.6 Å². The van der Waals surface area contributed by atoms with Crippen LogP contribution in [0, 0.1) is 11.8 Å². The summed E-state index contributed by atoms with van der Waals surface area (Å²) in [7, 11) is 0. The molecule has 21 heavy (non-hydrogen) atoms.